The normalized spacial score (nSPS) is 26.2. The van der Waals surface area contributed by atoms with E-state index >= 15 is 0 Å². The molecule has 0 amide bonds. The average molecular weight is 249 g/mol. The first-order valence-electron chi connectivity index (χ1n) is 6.50. The molecule has 1 atom stereocenters. The van der Waals surface area contributed by atoms with Gasteiger partial charge in [0.05, 0.1) is 19.4 Å². The highest BCUT2D eigenvalue weighted by atomic mass is 16.5. The monoisotopic (exact) mass is 249 g/mol. The molecule has 0 radical (unpaired) electrons. The van der Waals surface area contributed by atoms with E-state index in [1.54, 1.807) is 12.5 Å². The Morgan fingerprint density at radius 2 is 2.17 bits per heavy atom. The third kappa shape index (κ3) is 2.45. The van der Waals surface area contributed by atoms with Gasteiger partial charge >= 0.3 is 0 Å². The molecule has 3 heterocycles. The maximum Gasteiger partial charge on any atom is 0.133 e. The number of ether oxygens (including phenoxy) is 1. The van der Waals surface area contributed by atoms with E-state index in [-0.39, 0.29) is 0 Å². The molecule has 2 aliphatic heterocycles. The lowest BCUT2D eigenvalue weighted by Crippen LogP contribution is -2.61. The molecule has 18 heavy (non-hydrogen) atoms. The van der Waals surface area contributed by atoms with Crippen LogP contribution in [0.5, 0.6) is 0 Å². The zero-order chi connectivity index (χ0) is 12.2. The van der Waals surface area contributed by atoms with E-state index < -0.39 is 0 Å². The van der Waals surface area contributed by atoms with Gasteiger partial charge in [-0.15, -0.1) is 0 Å². The lowest BCUT2D eigenvalue weighted by atomic mass is 10.2. The first kappa shape index (κ1) is 11.8. The molecular weight excluding hydrogens is 230 g/mol. The summed E-state index contributed by atoms with van der Waals surface area (Å²) in [6.45, 7) is 6.61. The summed E-state index contributed by atoms with van der Waals surface area (Å²) in [5.74, 6) is 1.02. The number of anilines is 1. The molecule has 1 unspecified atom stereocenters. The van der Waals surface area contributed by atoms with Gasteiger partial charge in [0.1, 0.15) is 12.1 Å². The lowest BCUT2D eigenvalue weighted by Gasteiger charge is -2.44. The van der Waals surface area contributed by atoms with Crippen molar-refractivity contribution in [3.63, 3.8) is 0 Å². The van der Waals surface area contributed by atoms with Gasteiger partial charge < -0.3 is 15.0 Å². The third-order valence-electron chi connectivity index (χ3n) is 3.54. The topological polar surface area (TPSA) is 53.5 Å². The van der Waals surface area contributed by atoms with Crippen LogP contribution in [0.15, 0.2) is 18.6 Å². The fourth-order valence-electron chi connectivity index (χ4n) is 2.61. The Morgan fingerprint density at radius 1 is 1.28 bits per heavy atom. The van der Waals surface area contributed by atoms with E-state index in [1.807, 2.05) is 6.07 Å². The van der Waals surface area contributed by atoms with E-state index in [9.17, 15) is 0 Å². The maximum atomic E-state index is 5.43. The zero-order valence-corrected chi connectivity index (χ0v) is 10.5. The summed E-state index contributed by atoms with van der Waals surface area (Å²) in [7, 11) is 0. The Kier molecular flexibility index (Phi) is 3.68. The van der Waals surface area contributed by atoms with Crippen LogP contribution in [0.4, 0.5) is 5.82 Å². The van der Waals surface area contributed by atoms with Gasteiger partial charge in [-0.1, -0.05) is 0 Å². The number of hydrogen-bond acceptors (Lipinski definition) is 6. The van der Waals surface area contributed by atoms with E-state index in [1.165, 1.54) is 0 Å². The van der Waals surface area contributed by atoms with Gasteiger partial charge in [0.25, 0.3) is 0 Å². The Morgan fingerprint density at radius 3 is 2.94 bits per heavy atom. The van der Waals surface area contributed by atoms with E-state index in [2.05, 4.69) is 25.1 Å². The number of rotatable bonds is 2. The van der Waals surface area contributed by atoms with E-state index in [0.717, 1.165) is 51.8 Å². The number of morpholine rings is 1. The molecule has 1 aromatic heterocycles. The second-order valence-corrected chi connectivity index (χ2v) is 4.59. The molecule has 0 aromatic carbocycles. The van der Waals surface area contributed by atoms with Gasteiger partial charge in [-0.2, -0.15) is 0 Å². The maximum absolute atomic E-state index is 5.43. The molecule has 2 saturated heterocycles. The van der Waals surface area contributed by atoms with Crippen molar-refractivity contribution in [2.45, 2.75) is 6.17 Å². The minimum absolute atomic E-state index is 0.373. The SMILES string of the molecule is c1cc(N2CCNCC2N2CCOCC2)ncn1. The highest BCUT2D eigenvalue weighted by Gasteiger charge is 2.29. The predicted octanol–water partition coefficient (Wildman–Crippen LogP) is -0.455. The van der Waals surface area contributed by atoms with Crippen LogP contribution in [0.25, 0.3) is 0 Å². The number of nitrogens with one attached hydrogen (secondary N) is 1. The number of aromatic nitrogens is 2. The smallest absolute Gasteiger partial charge is 0.133 e. The lowest BCUT2D eigenvalue weighted by molar-refractivity contribution is 0.0134. The molecule has 0 aliphatic carbocycles. The van der Waals surface area contributed by atoms with Crippen molar-refractivity contribution in [2.24, 2.45) is 0 Å². The van der Waals surface area contributed by atoms with Gasteiger partial charge in [-0.25, -0.2) is 9.97 Å². The highest BCUT2D eigenvalue weighted by Crippen LogP contribution is 2.17. The van der Waals surface area contributed by atoms with Gasteiger partial charge in [-0.05, 0) is 6.07 Å². The molecule has 6 nitrogen and oxygen atoms in total. The van der Waals surface area contributed by atoms with Crippen LogP contribution in [-0.4, -0.2) is 67.0 Å². The van der Waals surface area contributed by atoms with Crippen molar-refractivity contribution in [3.05, 3.63) is 18.6 Å². The summed E-state index contributed by atoms with van der Waals surface area (Å²) in [5, 5.41) is 3.46. The highest BCUT2D eigenvalue weighted by molar-refractivity contribution is 5.38. The van der Waals surface area contributed by atoms with Crippen molar-refractivity contribution < 1.29 is 4.74 Å². The molecule has 2 aliphatic rings. The van der Waals surface area contributed by atoms with E-state index in [4.69, 9.17) is 4.74 Å². The molecule has 2 fully saturated rings. The first-order valence-corrected chi connectivity index (χ1v) is 6.50. The predicted molar refractivity (Wildman–Crippen MR) is 68.4 cm³/mol. The van der Waals surface area contributed by atoms with Gasteiger partial charge in [0, 0.05) is 38.9 Å². The van der Waals surface area contributed by atoms with Crippen LogP contribution in [0, 0.1) is 0 Å². The number of piperazine rings is 1. The molecule has 0 spiro atoms. The molecule has 0 bridgehead atoms. The summed E-state index contributed by atoms with van der Waals surface area (Å²) in [6.07, 6.45) is 3.80. The third-order valence-corrected chi connectivity index (χ3v) is 3.54. The Hall–Kier alpha value is -1.24. The van der Waals surface area contributed by atoms with Crippen LogP contribution >= 0.6 is 0 Å². The fourth-order valence-corrected chi connectivity index (χ4v) is 2.61. The van der Waals surface area contributed by atoms with Crippen LogP contribution in [0.1, 0.15) is 0 Å². The summed E-state index contributed by atoms with van der Waals surface area (Å²) in [5.41, 5.74) is 0. The summed E-state index contributed by atoms with van der Waals surface area (Å²) in [4.78, 5) is 13.2. The Balaban J connectivity index is 1.77. The van der Waals surface area contributed by atoms with Crippen molar-refractivity contribution in [1.82, 2.24) is 20.2 Å². The van der Waals surface area contributed by atoms with Crippen molar-refractivity contribution in [3.8, 4) is 0 Å². The van der Waals surface area contributed by atoms with Gasteiger partial charge in [-0.3, -0.25) is 4.90 Å². The fraction of sp³-hybridized carbons (Fsp3) is 0.667. The second kappa shape index (κ2) is 5.60. The molecule has 1 aromatic rings. The van der Waals surface area contributed by atoms with Crippen LogP contribution in [0.3, 0.4) is 0 Å². The summed E-state index contributed by atoms with van der Waals surface area (Å²) < 4.78 is 5.43. The van der Waals surface area contributed by atoms with Crippen molar-refractivity contribution in [2.75, 3.05) is 50.8 Å². The van der Waals surface area contributed by atoms with E-state index in [0.29, 0.717) is 6.17 Å². The molecule has 3 rings (SSSR count). The quantitative estimate of drug-likeness (QED) is 0.766. The van der Waals surface area contributed by atoms with Crippen LogP contribution in [-0.2, 0) is 4.74 Å². The Bertz CT molecular complexity index is 368. The zero-order valence-electron chi connectivity index (χ0n) is 10.5. The summed E-state index contributed by atoms with van der Waals surface area (Å²) in [6, 6.07) is 1.98. The summed E-state index contributed by atoms with van der Waals surface area (Å²) >= 11 is 0. The van der Waals surface area contributed by atoms with Crippen LogP contribution < -0.4 is 10.2 Å². The number of hydrogen-bond donors (Lipinski definition) is 1. The Labute approximate surface area is 107 Å². The molecule has 1 N–H and O–H groups in total. The standard InChI is InChI=1S/C12H19N5O/c1-2-14-10-15-11(1)17-4-3-13-9-12(17)16-5-7-18-8-6-16/h1-2,10,12-13H,3-9H2. The van der Waals surface area contributed by atoms with Gasteiger partial charge in [0.15, 0.2) is 0 Å². The molecule has 98 valence electrons. The molecule has 0 saturated carbocycles. The van der Waals surface area contributed by atoms with Gasteiger partial charge in [0.2, 0.25) is 0 Å². The molecular formula is C12H19N5O. The largest absolute Gasteiger partial charge is 0.379 e. The minimum Gasteiger partial charge on any atom is -0.379 e. The number of nitrogens with zero attached hydrogens (tertiary/aromatic N) is 4. The minimum atomic E-state index is 0.373. The second-order valence-electron chi connectivity index (χ2n) is 4.59. The van der Waals surface area contributed by atoms with Crippen LogP contribution in [0.2, 0.25) is 0 Å². The van der Waals surface area contributed by atoms with Crippen molar-refractivity contribution >= 4 is 5.82 Å². The molecule has 6 heteroatoms. The first-order chi connectivity index (χ1) is 8.95. The average Bonchev–Trinajstić information content (AvgIpc) is 2.49. The van der Waals surface area contributed by atoms with Crippen molar-refractivity contribution in [1.29, 1.82) is 0 Å².